The van der Waals surface area contributed by atoms with Crippen LogP contribution in [0.4, 0.5) is 11.6 Å². The van der Waals surface area contributed by atoms with Crippen LogP contribution in [0.3, 0.4) is 0 Å². The van der Waals surface area contributed by atoms with Crippen molar-refractivity contribution in [2.75, 3.05) is 11.9 Å². The third kappa shape index (κ3) is 5.61. The summed E-state index contributed by atoms with van der Waals surface area (Å²) in [6, 6.07) is 1.05. The van der Waals surface area contributed by atoms with Gasteiger partial charge in [0.25, 0.3) is 5.91 Å². The molecule has 0 aliphatic carbocycles. The van der Waals surface area contributed by atoms with E-state index in [1.165, 1.54) is 0 Å². The highest BCUT2D eigenvalue weighted by Crippen LogP contribution is 2.26. The fourth-order valence-electron chi connectivity index (χ4n) is 1.98. The fourth-order valence-corrected chi connectivity index (χ4v) is 3.31. The van der Waals surface area contributed by atoms with Crippen molar-refractivity contribution in [1.82, 2.24) is 19.7 Å². The molecule has 0 aliphatic heterocycles. The number of nitrogens with one attached hydrogen (secondary N) is 1. The normalized spacial score (nSPS) is 11.6. The van der Waals surface area contributed by atoms with E-state index < -0.39 is 14.0 Å². The number of primary amides is 1. The van der Waals surface area contributed by atoms with Crippen LogP contribution in [0.2, 0.25) is 25.7 Å². The summed E-state index contributed by atoms with van der Waals surface area (Å²) in [7, 11) is -1.17. The first-order valence-corrected chi connectivity index (χ1v) is 12.4. The molecule has 2 aromatic rings. The van der Waals surface area contributed by atoms with Crippen LogP contribution in [-0.4, -0.2) is 40.3 Å². The largest absolute Gasteiger partial charge is 0.365 e. The van der Waals surface area contributed by atoms with E-state index in [0.717, 1.165) is 11.7 Å². The summed E-state index contributed by atoms with van der Waals surface area (Å²) in [5, 5.41) is 7.34. The number of amides is 1. The maximum atomic E-state index is 11.8. The molecule has 3 N–H and O–H groups in total. The Morgan fingerprint density at radius 3 is 2.64 bits per heavy atom. The Kier molecular flexibility index (Phi) is 6.30. The van der Waals surface area contributed by atoms with Crippen LogP contribution in [0.15, 0.2) is 17.0 Å². The number of hydrogen-bond acceptors (Lipinski definition) is 6. The van der Waals surface area contributed by atoms with Crippen LogP contribution in [0.1, 0.15) is 16.1 Å². The molecular weight excluding hydrogens is 404 g/mol. The van der Waals surface area contributed by atoms with Crippen molar-refractivity contribution < 1.29 is 9.53 Å². The highest BCUT2D eigenvalue weighted by Gasteiger charge is 2.22. The number of carbonyl (C=O) groups is 1. The van der Waals surface area contributed by atoms with Gasteiger partial charge < -0.3 is 15.8 Å². The van der Waals surface area contributed by atoms with E-state index in [4.69, 9.17) is 10.5 Å². The van der Waals surface area contributed by atoms with Gasteiger partial charge in [0, 0.05) is 14.7 Å². The highest BCUT2D eigenvalue weighted by atomic mass is 79.9. The van der Waals surface area contributed by atoms with Crippen molar-refractivity contribution in [1.29, 1.82) is 0 Å². The zero-order valence-corrected chi connectivity index (χ0v) is 17.4. The number of nitrogens with two attached hydrogens (primary N) is 1. The zero-order chi connectivity index (χ0) is 18.6. The van der Waals surface area contributed by atoms with Gasteiger partial charge >= 0.3 is 0 Å². The second-order valence-corrected chi connectivity index (χ2v) is 13.3. The average molecular weight is 427 g/mol. The number of carbonyl (C=O) groups excluding carboxylic acids is 1. The van der Waals surface area contributed by atoms with Crippen LogP contribution in [-0.2, 0) is 11.5 Å². The lowest BCUT2D eigenvalue weighted by Crippen LogP contribution is -2.22. The minimum atomic E-state index is -1.17. The van der Waals surface area contributed by atoms with Crippen molar-refractivity contribution in [3.8, 4) is 0 Å². The summed E-state index contributed by atoms with van der Waals surface area (Å²) in [5.41, 5.74) is 6.53. The number of anilines is 2. The molecule has 0 aromatic carbocycles. The quantitative estimate of drug-likeness (QED) is 0.496. The van der Waals surface area contributed by atoms with E-state index in [1.807, 2.05) is 6.92 Å². The Morgan fingerprint density at radius 2 is 2.08 bits per heavy atom. The molecule has 0 fully saturated rings. The lowest BCUT2D eigenvalue weighted by Gasteiger charge is -2.16. The van der Waals surface area contributed by atoms with Gasteiger partial charge in [0.2, 0.25) is 0 Å². The third-order valence-electron chi connectivity index (χ3n) is 3.39. The second kappa shape index (κ2) is 8.06. The zero-order valence-electron chi connectivity index (χ0n) is 14.8. The van der Waals surface area contributed by atoms with Crippen molar-refractivity contribution in [2.24, 2.45) is 5.73 Å². The molecule has 1 amide bonds. The summed E-state index contributed by atoms with van der Waals surface area (Å²) in [6.07, 6.45) is 3.21. The lowest BCUT2D eigenvalue weighted by atomic mass is 10.3. The molecule has 8 nitrogen and oxygen atoms in total. The van der Waals surface area contributed by atoms with Gasteiger partial charge in [-0.3, -0.25) is 9.78 Å². The van der Waals surface area contributed by atoms with E-state index in [9.17, 15) is 4.79 Å². The van der Waals surface area contributed by atoms with Crippen LogP contribution in [0.5, 0.6) is 0 Å². The van der Waals surface area contributed by atoms with Gasteiger partial charge in [0.1, 0.15) is 28.5 Å². The first-order chi connectivity index (χ1) is 11.7. The Balaban J connectivity index is 2.19. The van der Waals surface area contributed by atoms with E-state index in [1.54, 1.807) is 17.1 Å². The molecule has 10 heteroatoms. The van der Waals surface area contributed by atoms with Gasteiger partial charge in [-0.05, 0) is 28.9 Å². The Morgan fingerprint density at radius 1 is 1.36 bits per heavy atom. The third-order valence-corrected chi connectivity index (χ3v) is 5.65. The first-order valence-electron chi connectivity index (χ1n) is 7.87. The summed E-state index contributed by atoms with van der Waals surface area (Å²) < 4.78 is 7.64. The van der Waals surface area contributed by atoms with E-state index >= 15 is 0 Å². The molecule has 25 heavy (non-hydrogen) atoms. The maximum Gasteiger partial charge on any atom is 0.255 e. The summed E-state index contributed by atoms with van der Waals surface area (Å²) in [6.45, 7) is 9.55. The fraction of sp³-hybridized carbons (Fsp3) is 0.467. The molecule has 2 aromatic heterocycles. The van der Waals surface area contributed by atoms with Gasteiger partial charge in [-0.25, -0.2) is 9.67 Å². The number of aromatic nitrogens is 4. The number of halogens is 1. The van der Waals surface area contributed by atoms with Crippen LogP contribution in [0, 0.1) is 6.92 Å². The molecule has 0 bridgehead atoms. The Labute approximate surface area is 156 Å². The van der Waals surface area contributed by atoms with Gasteiger partial charge in [0.15, 0.2) is 0 Å². The van der Waals surface area contributed by atoms with E-state index in [-0.39, 0.29) is 12.3 Å². The minimum absolute atomic E-state index is 0.206. The van der Waals surface area contributed by atoms with Crippen LogP contribution < -0.4 is 11.1 Å². The van der Waals surface area contributed by atoms with Gasteiger partial charge in [-0.15, -0.1) is 0 Å². The van der Waals surface area contributed by atoms with Crippen molar-refractivity contribution >= 4 is 41.5 Å². The van der Waals surface area contributed by atoms with E-state index in [2.05, 4.69) is 56.0 Å². The van der Waals surface area contributed by atoms with Crippen molar-refractivity contribution in [2.45, 2.75) is 39.3 Å². The number of aryl methyl sites for hydroxylation is 1. The predicted octanol–water partition coefficient (Wildman–Crippen LogP) is 2.90. The standard InChI is InChI=1S/C15H23BrN6O2Si/c1-10-7-19-11(8-18-10)20-15-12(14(17)23)13(16)21-22(15)9-24-5-6-25(2,3)4/h7-8H,5-6,9H2,1-4H3,(H2,17,23)(H,19,20). The lowest BCUT2D eigenvalue weighted by molar-refractivity contribution is 0.0798. The smallest absolute Gasteiger partial charge is 0.255 e. The van der Waals surface area contributed by atoms with E-state index in [0.29, 0.717) is 22.8 Å². The molecule has 0 saturated carbocycles. The molecule has 136 valence electrons. The Bertz CT molecular complexity index is 742. The molecule has 0 saturated heterocycles. The van der Waals surface area contributed by atoms with Gasteiger partial charge in [-0.1, -0.05) is 19.6 Å². The SMILES string of the molecule is Cc1cnc(Nc2c(C(N)=O)c(Br)nn2COCC[Si](C)(C)C)cn1. The van der Waals surface area contributed by atoms with Crippen LogP contribution in [0.25, 0.3) is 0 Å². The molecule has 2 heterocycles. The summed E-state index contributed by atoms with van der Waals surface area (Å²) in [5.74, 6) is 0.317. The molecule has 0 atom stereocenters. The molecule has 0 unspecified atom stereocenters. The number of ether oxygens (including phenoxy) is 1. The van der Waals surface area contributed by atoms with Gasteiger partial charge in [-0.2, -0.15) is 5.10 Å². The molecule has 0 aliphatic rings. The number of hydrogen-bond donors (Lipinski definition) is 2. The molecule has 2 rings (SSSR count). The monoisotopic (exact) mass is 426 g/mol. The molecule has 0 spiro atoms. The first kappa shape index (κ1) is 19.5. The highest BCUT2D eigenvalue weighted by molar-refractivity contribution is 9.10. The summed E-state index contributed by atoms with van der Waals surface area (Å²) >= 11 is 3.28. The van der Waals surface area contributed by atoms with Gasteiger partial charge in [0.05, 0.1) is 18.1 Å². The van der Waals surface area contributed by atoms with Crippen LogP contribution >= 0.6 is 15.9 Å². The number of nitrogens with zero attached hydrogens (tertiary/aromatic N) is 4. The average Bonchev–Trinajstić information content (AvgIpc) is 2.81. The van der Waals surface area contributed by atoms with Crippen molar-refractivity contribution in [3.05, 3.63) is 28.3 Å². The Hall–Kier alpha value is -1.78. The topological polar surface area (TPSA) is 108 Å². The molecule has 0 radical (unpaired) electrons. The maximum absolute atomic E-state index is 11.8. The number of rotatable bonds is 8. The summed E-state index contributed by atoms with van der Waals surface area (Å²) in [4.78, 5) is 20.2. The van der Waals surface area contributed by atoms with Crippen molar-refractivity contribution in [3.63, 3.8) is 0 Å². The predicted molar refractivity (Wildman–Crippen MR) is 103 cm³/mol. The minimum Gasteiger partial charge on any atom is -0.365 e. The second-order valence-electron chi connectivity index (χ2n) is 6.89. The molecular formula is C15H23BrN6O2Si.